The highest BCUT2D eigenvalue weighted by Crippen LogP contribution is 2.36. The molecule has 0 bridgehead atoms. The van der Waals surface area contributed by atoms with Crippen molar-refractivity contribution < 1.29 is 9.47 Å². The zero-order chi connectivity index (χ0) is 16.4. The molecule has 1 spiro atoms. The number of ether oxygens (including phenoxy) is 2. The van der Waals surface area contributed by atoms with E-state index in [1.54, 1.807) is 6.20 Å². The van der Waals surface area contributed by atoms with Gasteiger partial charge in [-0.05, 0) is 24.1 Å². The van der Waals surface area contributed by atoms with Crippen molar-refractivity contribution in [3.63, 3.8) is 0 Å². The van der Waals surface area contributed by atoms with Crippen LogP contribution in [0.5, 0.6) is 0 Å². The summed E-state index contributed by atoms with van der Waals surface area (Å²) < 4.78 is 14.1. The predicted molar refractivity (Wildman–Crippen MR) is 89.2 cm³/mol. The first kappa shape index (κ1) is 15.7. The zero-order valence-corrected chi connectivity index (χ0v) is 14.1. The van der Waals surface area contributed by atoms with Crippen LogP contribution >= 0.6 is 0 Å². The molecule has 2 aliphatic heterocycles. The van der Waals surface area contributed by atoms with E-state index in [9.17, 15) is 0 Å². The Morgan fingerprint density at radius 2 is 2.38 bits per heavy atom. The van der Waals surface area contributed by atoms with Gasteiger partial charge in [-0.2, -0.15) is 5.10 Å². The number of pyridine rings is 1. The number of hydrogen-bond donors (Lipinski definition) is 0. The molecule has 0 amide bonds. The molecule has 0 radical (unpaired) electrons. The largest absolute Gasteiger partial charge is 0.371 e. The fourth-order valence-corrected chi connectivity index (χ4v) is 3.73. The van der Waals surface area contributed by atoms with Gasteiger partial charge in [-0.1, -0.05) is 6.07 Å². The molecule has 0 aromatic carbocycles. The second-order valence-corrected chi connectivity index (χ2v) is 6.93. The molecule has 0 aliphatic carbocycles. The third-order valence-corrected chi connectivity index (χ3v) is 4.93. The summed E-state index contributed by atoms with van der Waals surface area (Å²) in [6, 6.07) is 6.07. The Kier molecular flexibility index (Phi) is 4.35. The van der Waals surface area contributed by atoms with E-state index in [-0.39, 0.29) is 11.7 Å². The number of aryl methyl sites for hydroxylation is 1. The summed E-state index contributed by atoms with van der Waals surface area (Å²) in [4.78, 5) is 6.56. The minimum atomic E-state index is -0.0333. The third kappa shape index (κ3) is 3.50. The Labute approximate surface area is 142 Å². The van der Waals surface area contributed by atoms with E-state index in [0.29, 0.717) is 13.2 Å². The molecule has 2 saturated heterocycles. The van der Waals surface area contributed by atoms with Gasteiger partial charge in [-0.25, -0.2) is 0 Å². The number of rotatable bonds is 5. The van der Waals surface area contributed by atoms with Crippen molar-refractivity contribution in [2.24, 2.45) is 7.05 Å². The topological polar surface area (TPSA) is 52.4 Å². The summed E-state index contributed by atoms with van der Waals surface area (Å²) in [6.07, 6.45) is 7.87. The molecule has 2 unspecified atom stereocenters. The third-order valence-electron chi connectivity index (χ3n) is 4.93. The summed E-state index contributed by atoms with van der Waals surface area (Å²) in [5, 5.41) is 4.47. The highest BCUT2D eigenvalue weighted by atomic mass is 16.6. The van der Waals surface area contributed by atoms with Crippen LogP contribution in [0.15, 0.2) is 36.8 Å². The first-order chi connectivity index (χ1) is 11.7. The van der Waals surface area contributed by atoms with Crippen molar-refractivity contribution in [2.75, 3.05) is 19.7 Å². The van der Waals surface area contributed by atoms with Crippen molar-refractivity contribution in [3.8, 4) is 0 Å². The molecule has 2 aromatic rings. The normalized spacial score (nSPS) is 27.3. The van der Waals surface area contributed by atoms with Gasteiger partial charge >= 0.3 is 0 Å². The Balaban J connectivity index is 1.28. The minimum Gasteiger partial charge on any atom is -0.371 e. The molecule has 6 nitrogen and oxygen atoms in total. The molecule has 6 heteroatoms. The van der Waals surface area contributed by atoms with Gasteiger partial charge in [0.05, 0.1) is 30.6 Å². The van der Waals surface area contributed by atoms with Gasteiger partial charge in [0.1, 0.15) is 0 Å². The van der Waals surface area contributed by atoms with E-state index in [0.717, 1.165) is 43.7 Å². The lowest BCUT2D eigenvalue weighted by atomic mass is 9.98. The SMILES string of the molecule is Cn1ccc(CN2CCC3(CC(OCc4cccnc4)CO3)C2)n1. The lowest BCUT2D eigenvalue weighted by Crippen LogP contribution is -2.33. The van der Waals surface area contributed by atoms with E-state index < -0.39 is 0 Å². The molecule has 4 heterocycles. The van der Waals surface area contributed by atoms with E-state index in [1.165, 1.54) is 0 Å². The number of likely N-dealkylation sites (tertiary alicyclic amines) is 1. The fourth-order valence-electron chi connectivity index (χ4n) is 3.73. The van der Waals surface area contributed by atoms with Gasteiger partial charge in [0.2, 0.25) is 0 Å². The monoisotopic (exact) mass is 328 g/mol. The van der Waals surface area contributed by atoms with Crippen LogP contribution in [0.1, 0.15) is 24.1 Å². The average molecular weight is 328 g/mol. The quantitative estimate of drug-likeness (QED) is 0.837. The van der Waals surface area contributed by atoms with Crippen molar-refractivity contribution >= 4 is 0 Å². The van der Waals surface area contributed by atoms with Crippen LogP contribution in [0.25, 0.3) is 0 Å². The molecule has 2 atom stereocenters. The highest BCUT2D eigenvalue weighted by Gasteiger charge is 2.45. The predicted octanol–water partition coefficient (Wildman–Crippen LogP) is 1.77. The molecule has 0 N–H and O–H groups in total. The number of aromatic nitrogens is 3. The molecule has 2 aliphatic rings. The molecule has 128 valence electrons. The van der Waals surface area contributed by atoms with Crippen molar-refractivity contribution in [2.45, 2.75) is 37.7 Å². The van der Waals surface area contributed by atoms with Gasteiger partial charge in [-0.15, -0.1) is 0 Å². The molecule has 4 rings (SSSR count). The summed E-state index contributed by atoms with van der Waals surface area (Å²) in [5.41, 5.74) is 2.20. The number of hydrogen-bond acceptors (Lipinski definition) is 5. The van der Waals surface area contributed by atoms with Crippen molar-refractivity contribution in [1.29, 1.82) is 0 Å². The van der Waals surface area contributed by atoms with Gasteiger partial charge in [0.15, 0.2) is 0 Å². The highest BCUT2D eigenvalue weighted by molar-refractivity contribution is 5.07. The first-order valence-corrected chi connectivity index (χ1v) is 8.56. The summed E-state index contributed by atoms with van der Waals surface area (Å²) >= 11 is 0. The molecular weight excluding hydrogens is 304 g/mol. The van der Waals surface area contributed by atoms with E-state index in [2.05, 4.69) is 21.0 Å². The van der Waals surface area contributed by atoms with E-state index in [4.69, 9.17) is 9.47 Å². The van der Waals surface area contributed by atoms with Crippen LogP contribution < -0.4 is 0 Å². The maximum atomic E-state index is 6.17. The Bertz CT molecular complexity index is 675. The summed E-state index contributed by atoms with van der Waals surface area (Å²) in [5.74, 6) is 0. The number of nitrogens with zero attached hydrogens (tertiary/aromatic N) is 4. The molecule has 2 fully saturated rings. The van der Waals surface area contributed by atoms with Crippen LogP contribution in [0.4, 0.5) is 0 Å². The van der Waals surface area contributed by atoms with E-state index >= 15 is 0 Å². The summed E-state index contributed by atoms with van der Waals surface area (Å²) in [7, 11) is 1.96. The van der Waals surface area contributed by atoms with Crippen LogP contribution in [-0.4, -0.2) is 51.1 Å². The fraction of sp³-hybridized carbons (Fsp3) is 0.556. The smallest absolute Gasteiger partial charge is 0.0847 e. The Morgan fingerprint density at radius 1 is 1.42 bits per heavy atom. The van der Waals surface area contributed by atoms with Gasteiger partial charge < -0.3 is 9.47 Å². The lowest BCUT2D eigenvalue weighted by molar-refractivity contribution is -0.000505. The van der Waals surface area contributed by atoms with Crippen LogP contribution in [-0.2, 0) is 29.7 Å². The van der Waals surface area contributed by atoms with Crippen molar-refractivity contribution in [3.05, 3.63) is 48.0 Å². The van der Waals surface area contributed by atoms with Crippen LogP contribution in [0.3, 0.4) is 0 Å². The second kappa shape index (κ2) is 6.63. The van der Waals surface area contributed by atoms with Crippen molar-refractivity contribution in [1.82, 2.24) is 19.7 Å². The van der Waals surface area contributed by atoms with Gasteiger partial charge in [-0.3, -0.25) is 14.6 Å². The molecule has 0 saturated carbocycles. The molecule has 24 heavy (non-hydrogen) atoms. The van der Waals surface area contributed by atoms with Crippen LogP contribution in [0, 0.1) is 0 Å². The summed E-state index contributed by atoms with van der Waals surface area (Å²) in [6.45, 7) is 4.22. The minimum absolute atomic E-state index is 0.0333. The lowest BCUT2D eigenvalue weighted by Gasteiger charge is -2.23. The standard InChI is InChI=1S/C18H24N4O2/c1-21-7-4-16(20-21)11-22-8-5-18(14-22)9-17(13-24-18)23-12-15-3-2-6-19-10-15/h2-4,6-7,10,17H,5,8-9,11-14H2,1H3. The first-order valence-electron chi connectivity index (χ1n) is 8.56. The van der Waals surface area contributed by atoms with E-state index in [1.807, 2.05) is 36.3 Å². The molecular formula is C18H24N4O2. The Morgan fingerprint density at radius 3 is 3.17 bits per heavy atom. The van der Waals surface area contributed by atoms with Gasteiger partial charge in [0.25, 0.3) is 0 Å². The zero-order valence-electron chi connectivity index (χ0n) is 14.1. The Hall–Kier alpha value is -1.76. The average Bonchev–Trinajstić information content (AvgIpc) is 3.29. The van der Waals surface area contributed by atoms with Gasteiger partial charge in [0, 0.05) is 51.7 Å². The molecule has 2 aromatic heterocycles. The maximum absolute atomic E-state index is 6.17. The second-order valence-electron chi connectivity index (χ2n) is 6.93. The van der Waals surface area contributed by atoms with Crippen LogP contribution in [0.2, 0.25) is 0 Å². The maximum Gasteiger partial charge on any atom is 0.0847 e.